The van der Waals surface area contributed by atoms with Crippen molar-refractivity contribution in [1.82, 2.24) is 0 Å². The van der Waals surface area contributed by atoms with Crippen LogP contribution in [0.15, 0.2) is 42.5 Å². The van der Waals surface area contributed by atoms with Crippen molar-refractivity contribution in [3.05, 3.63) is 48.0 Å². The molecule has 1 atom stereocenters. The summed E-state index contributed by atoms with van der Waals surface area (Å²) in [7, 11) is -0.286. The summed E-state index contributed by atoms with van der Waals surface area (Å²) >= 11 is 0. The van der Waals surface area contributed by atoms with Crippen LogP contribution in [0.25, 0.3) is 0 Å². The van der Waals surface area contributed by atoms with Gasteiger partial charge < -0.3 is 9.31 Å². The smallest absolute Gasteiger partial charge is 0.402 e. The van der Waals surface area contributed by atoms with Gasteiger partial charge in [0, 0.05) is 5.31 Å². The predicted octanol–water partition coefficient (Wildman–Crippen LogP) is 4.15. The molecule has 1 aliphatic heterocycles. The van der Waals surface area contributed by atoms with Crippen LogP contribution < -0.4 is 0 Å². The van der Waals surface area contributed by atoms with Crippen LogP contribution in [0, 0.1) is 0 Å². The Hall–Kier alpha value is -1.06. The Morgan fingerprint density at radius 2 is 1.50 bits per heavy atom. The van der Waals surface area contributed by atoms with Gasteiger partial charge in [0.15, 0.2) is 0 Å². The summed E-state index contributed by atoms with van der Waals surface area (Å²) in [6, 6.07) is 10.4. The molecule has 0 spiro atoms. The molecule has 0 radical (unpaired) electrons. The van der Waals surface area contributed by atoms with Crippen LogP contribution in [0.5, 0.6) is 0 Å². The molecule has 108 valence electrons. The maximum Gasteiger partial charge on any atom is 0.472 e. The molecular weight excluding hydrogens is 247 g/mol. The molecule has 1 saturated heterocycles. The predicted molar refractivity (Wildman–Crippen MR) is 84.7 cm³/mol. The van der Waals surface area contributed by atoms with E-state index in [1.54, 1.807) is 0 Å². The van der Waals surface area contributed by atoms with Gasteiger partial charge in [0.2, 0.25) is 0 Å². The van der Waals surface area contributed by atoms with Gasteiger partial charge in [0.1, 0.15) is 0 Å². The molecular formula is C17H25BO2. The average molecular weight is 272 g/mol. The second-order valence-electron chi connectivity index (χ2n) is 6.74. The molecule has 0 aromatic heterocycles. The number of allylic oxidation sites excluding steroid dienone is 2. The van der Waals surface area contributed by atoms with Crippen molar-refractivity contribution in [3.63, 3.8) is 0 Å². The Kier molecular flexibility index (Phi) is 3.87. The largest absolute Gasteiger partial charge is 0.472 e. The first-order valence-electron chi connectivity index (χ1n) is 7.28. The van der Waals surface area contributed by atoms with E-state index in [-0.39, 0.29) is 23.6 Å². The third-order valence-corrected chi connectivity index (χ3v) is 4.65. The first-order valence-corrected chi connectivity index (χ1v) is 7.28. The quantitative estimate of drug-likeness (QED) is 0.608. The lowest BCUT2D eigenvalue weighted by molar-refractivity contribution is 0.00578. The van der Waals surface area contributed by atoms with Gasteiger partial charge in [-0.1, -0.05) is 49.4 Å². The van der Waals surface area contributed by atoms with Crippen molar-refractivity contribution >= 4 is 7.12 Å². The molecule has 0 aliphatic carbocycles. The van der Waals surface area contributed by atoms with Crippen LogP contribution in [0.4, 0.5) is 0 Å². The molecule has 2 rings (SSSR count). The van der Waals surface area contributed by atoms with Gasteiger partial charge in [-0.15, -0.1) is 0 Å². The first kappa shape index (κ1) is 15.3. The van der Waals surface area contributed by atoms with Crippen LogP contribution >= 0.6 is 0 Å². The summed E-state index contributed by atoms with van der Waals surface area (Å²) in [6.45, 7) is 12.6. The number of benzene rings is 1. The van der Waals surface area contributed by atoms with Crippen molar-refractivity contribution in [2.75, 3.05) is 0 Å². The first-order chi connectivity index (χ1) is 9.23. The Morgan fingerprint density at radius 3 is 1.95 bits per heavy atom. The standard InChI is InChI=1S/C17H25BO2/c1-7-13-17(6,14-11-9-8-10-12-14)18-19-15(2,3)16(4,5)20-18/h7-13H,1-6H3/b13-7+/t17-/m0/s1. The molecule has 1 aromatic carbocycles. The van der Waals surface area contributed by atoms with Crippen LogP contribution in [0.3, 0.4) is 0 Å². The number of rotatable bonds is 3. The van der Waals surface area contributed by atoms with Gasteiger partial charge in [-0.05, 0) is 40.2 Å². The highest BCUT2D eigenvalue weighted by Crippen LogP contribution is 2.43. The van der Waals surface area contributed by atoms with E-state index >= 15 is 0 Å². The highest BCUT2D eigenvalue weighted by atomic mass is 16.7. The second kappa shape index (κ2) is 5.05. The van der Waals surface area contributed by atoms with E-state index in [0.29, 0.717) is 0 Å². The molecule has 0 N–H and O–H groups in total. The topological polar surface area (TPSA) is 18.5 Å². The minimum atomic E-state index is -0.310. The SMILES string of the molecule is C/C=C/[C@](C)(B1OC(C)(C)C(C)(C)O1)c1ccccc1. The molecule has 0 saturated carbocycles. The lowest BCUT2D eigenvalue weighted by Gasteiger charge is -2.32. The summed E-state index contributed by atoms with van der Waals surface area (Å²) in [5.41, 5.74) is 0.585. The molecule has 0 amide bonds. The van der Waals surface area contributed by atoms with Gasteiger partial charge in [-0.2, -0.15) is 0 Å². The van der Waals surface area contributed by atoms with Gasteiger partial charge >= 0.3 is 7.12 Å². The Bertz CT molecular complexity index is 477. The van der Waals surface area contributed by atoms with Gasteiger partial charge in [0.05, 0.1) is 11.2 Å². The molecule has 0 bridgehead atoms. The summed E-state index contributed by atoms with van der Waals surface area (Å²) in [5.74, 6) is 0. The monoisotopic (exact) mass is 272 g/mol. The lowest BCUT2D eigenvalue weighted by atomic mass is 9.55. The maximum atomic E-state index is 6.26. The normalized spacial score (nSPS) is 24.0. The average Bonchev–Trinajstić information content (AvgIpc) is 2.60. The van der Waals surface area contributed by atoms with Crippen LogP contribution in [-0.2, 0) is 14.6 Å². The van der Waals surface area contributed by atoms with Crippen LogP contribution in [0.2, 0.25) is 0 Å². The fraction of sp³-hybridized carbons (Fsp3) is 0.529. The molecule has 1 aromatic rings. The zero-order chi connectivity index (χ0) is 15.0. The minimum absolute atomic E-state index is 0.286. The van der Waals surface area contributed by atoms with E-state index in [1.165, 1.54) is 5.56 Å². The van der Waals surface area contributed by atoms with Crippen LogP contribution in [-0.4, -0.2) is 18.3 Å². The molecule has 1 heterocycles. The molecule has 0 unspecified atom stereocenters. The highest BCUT2D eigenvalue weighted by molar-refractivity contribution is 6.50. The van der Waals surface area contributed by atoms with E-state index < -0.39 is 0 Å². The van der Waals surface area contributed by atoms with E-state index in [0.717, 1.165) is 0 Å². The second-order valence-corrected chi connectivity index (χ2v) is 6.74. The summed E-state index contributed by atoms with van der Waals surface area (Å²) < 4.78 is 12.5. The lowest BCUT2D eigenvalue weighted by Crippen LogP contribution is -2.42. The molecule has 2 nitrogen and oxygen atoms in total. The number of hydrogen-bond acceptors (Lipinski definition) is 2. The van der Waals surface area contributed by atoms with Crippen molar-refractivity contribution in [2.24, 2.45) is 0 Å². The van der Waals surface area contributed by atoms with Crippen molar-refractivity contribution in [2.45, 2.75) is 58.1 Å². The molecule has 20 heavy (non-hydrogen) atoms. The fourth-order valence-corrected chi connectivity index (χ4v) is 2.54. The number of hydrogen-bond donors (Lipinski definition) is 0. The van der Waals surface area contributed by atoms with Crippen molar-refractivity contribution in [1.29, 1.82) is 0 Å². The zero-order valence-electron chi connectivity index (χ0n) is 13.4. The van der Waals surface area contributed by atoms with Crippen molar-refractivity contribution < 1.29 is 9.31 Å². The van der Waals surface area contributed by atoms with Gasteiger partial charge in [-0.3, -0.25) is 0 Å². The molecule has 3 heteroatoms. The van der Waals surface area contributed by atoms with Gasteiger partial charge in [-0.25, -0.2) is 0 Å². The third-order valence-electron chi connectivity index (χ3n) is 4.65. The summed E-state index contributed by atoms with van der Waals surface area (Å²) in [5, 5.41) is -0.291. The third kappa shape index (κ3) is 2.45. The zero-order valence-corrected chi connectivity index (χ0v) is 13.4. The van der Waals surface area contributed by atoms with E-state index in [9.17, 15) is 0 Å². The van der Waals surface area contributed by atoms with Crippen LogP contribution in [0.1, 0.15) is 47.1 Å². The van der Waals surface area contributed by atoms with Gasteiger partial charge in [0.25, 0.3) is 0 Å². The Labute approximate surface area is 123 Å². The molecule has 1 fully saturated rings. The maximum absolute atomic E-state index is 6.26. The summed E-state index contributed by atoms with van der Waals surface area (Å²) in [4.78, 5) is 0. The molecule has 1 aliphatic rings. The highest BCUT2D eigenvalue weighted by Gasteiger charge is 2.57. The van der Waals surface area contributed by atoms with E-state index in [1.807, 2.05) is 13.0 Å². The summed E-state index contributed by atoms with van der Waals surface area (Å²) in [6.07, 6.45) is 4.24. The van der Waals surface area contributed by atoms with E-state index in [4.69, 9.17) is 9.31 Å². The van der Waals surface area contributed by atoms with E-state index in [2.05, 4.69) is 71.0 Å². The fourth-order valence-electron chi connectivity index (χ4n) is 2.54. The van der Waals surface area contributed by atoms with Crippen molar-refractivity contribution in [3.8, 4) is 0 Å². The Morgan fingerprint density at radius 1 is 1.00 bits per heavy atom. The Balaban J connectivity index is 2.42. The minimum Gasteiger partial charge on any atom is -0.402 e.